The van der Waals surface area contributed by atoms with Gasteiger partial charge in [-0.15, -0.1) is 0 Å². The zero-order valence-corrected chi connectivity index (χ0v) is 23.1. The molecule has 2 saturated heterocycles. The summed E-state index contributed by atoms with van der Waals surface area (Å²) in [6, 6.07) is 3.57. The number of amides is 2. The number of phenolic OH excluding ortho intramolecular Hbond substituents is 1. The molecule has 6 rings (SSSR count). The predicted molar refractivity (Wildman–Crippen MR) is 143 cm³/mol. The van der Waals surface area contributed by atoms with E-state index in [1.807, 2.05) is 20.8 Å². The molecule has 0 radical (unpaired) electrons. The summed E-state index contributed by atoms with van der Waals surface area (Å²) < 4.78 is 26.8. The smallest absolute Gasteiger partial charge is 0.410 e. The Morgan fingerprint density at radius 2 is 1.97 bits per heavy atom. The van der Waals surface area contributed by atoms with Crippen molar-refractivity contribution < 1.29 is 28.6 Å². The van der Waals surface area contributed by atoms with Crippen LogP contribution in [-0.2, 0) is 4.74 Å². The fraction of sp³-hybridized carbons (Fsp3) is 0.536. The molecule has 208 valence electrons. The van der Waals surface area contributed by atoms with Crippen molar-refractivity contribution in [2.45, 2.75) is 63.6 Å². The molecule has 4 heterocycles. The predicted octanol–water partition coefficient (Wildman–Crippen LogP) is 4.83. The topological polar surface area (TPSA) is 95.4 Å². The van der Waals surface area contributed by atoms with Gasteiger partial charge in [0.15, 0.2) is 5.75 Å². The number of fused-ring (bicyclic) bond motifs is 2. The van der Waals surface area contributed by atoms with Gasteiger partial charge >= 0.3 is 6.09 Å². The van der Waals surface area contributed by atoms with Gasteiger partial charge < -0.3 is 29.3 Å². The van der Waals surface area contributed by atoms with E-state index in [4.69, 9.17) is 26.1 Å². The zero-order valence-electron chi connectivity index (χ0n) is 22.3. The molecular weight excluding hydrogens is 527 g/mol. The van der Waals surface area contributed by atoms with Crippen molar-refractivity contribution in [1.82, 2.24) is 14.8 Å². The van der Waals surface area contributed by atoms with Crippen LogP contribution in [-0.4, -0.2) is 81.9 Å². The Morgan fingerprint density at radius 1 is 1.21 bits per heavy atom. The molecule has 1 spiro atoms. The Morgan fingerprint density at radius 3 is 2.67 bits per heavy atom. The number of hydrogen-bond acceptors (Lipinski definition) is 7. The molecule has 1 unspecified atom stereocenters. The van der Waals surface area contributed by atoms with Gasteiger partial charge in [0, 0.05) is 31.7 Å². The summed E-state index contributed by atoms with van der Waals surface area (Å²) >= 11 is 6.82. The minimum atomic E-state index is -0.678. The average Bonchev–Trinajstić information content (AvgIpc) is 3.55. The fourth-order valence-electron chi connectivity index (χ4n) is 5.98. The lowest BCUT2D eigenvalue weighted by Crippen LogP contribution is -2.58. The van der Waals surface area contributed by atoms with Crippen LogP contribution in [0.15, 0.2) is 18.2 Å². The molecule has 1 N–H and O–H groups in total. The van der Waals surface area contributed by atoms with Crippen LogP contribution in [0, 0.1) is 5.82 Å². The third-order valence-electron chi connectivity index (χ3n) is 8.01. The fourth-order valence-corrected chi connectivity index (χ4v) is 6.27. The highest BCUT2D eigenvalue weighted by Crippen LogP contribution is 2.54. The Bertz CT molecular complexity index is 1340. The molecule has 3 fully saturated rings. The maximum atomic E-state index is 15.0. The van der Waals surface area contributed by atoms with Crippen LogP contribution in [0.1, 0.15) is 56.8 Å². The van der Waals surface area contributed by atoms with Gasteiger partial charge in [-0.3, -0.25) is 4.79 Å². The van der Waals surface area contributed by atoms with Crippen LogP contribution in [0.3, 0.4) is 0 Å². The van der Waals surface area contributed by atoms with Gasteiger partial charge in [-0.05, 0) is 58.6 Å². The monoisotopic (exact) mass is 558 g/mol. The van der Waals surface area contributed by atoms with E-state index in [9.17, 15) is 14.7 Å². The van der Waals surface area contributed by atoms with Crippen LogP contribution in [0.25, 0.3) is 11.3 Å². The minimum absolute atomic E-state index is 0.0320. The lowest BCUT2D eigenvalue weighted by molar-refractivity contribution is 0.000953. The molecule has 1 aromatic carbocycles. The van der Waals surface area contributed by atoms with Crippen molar-refractivity contribution in [3.05, 3.63) is 34.6 Å². The van der Waals surface area contributed by atoms with Crippen molar-refractivity contribution in [2.75, 3.05) is 37.7 Å². The molecular formula is C28H32ClFN4O5. The van der Waals surface area contributed by atoms with Gasteiger partial charge in [0.25, 0.3) is 5.91 Å². The molecule has 1 saturated carbocycles. The summed E-state index contributed by atoms with van der Waals surface area (Å²) in [6.07, 6.45) is 3.46. The molecule has 0 bridgehead atoms. The standard InChI is InChI=1S/C28H32ClFN4O5/c1-27(2,3)39-26(37)32-12-13-33-16(14-32)15-38-23-20(25(33)36)24(34-11-5-8-28(34)9-10-28)31-22(21(23)29)19-17(30)6-4-7-18(19)35/h4,6-7,16,35H,5,8-15H2,1-3H3. The van der Waals surface area contributed by atoms with Crippen molar-refractivity contribution in [3.8, 4) is 22.8 Å². The number of ether oxygens (including phenoxy) is 2. The highest BCUT2D eigenvalue weighted by molar-refractivity contribution is 6.35. The van der Waals surface area contributed by atoms with Crippen LogP contribution < -0.4 is 9.64 Å². The second-order valence-electron chi connectivity index (χ2n) is 11.8. The number of aromatic hydroxyl groups is 1. The normalized spacial score (nSPS) is 21.8. The number of carbonyl (C=O) groups excluding carboxylic acids is 2. The number of aromatic nitrogens is 1. The summed E-state index contributed by atoms with van der Waals surface area (Å²) in [7, 11) is 0. The Hall–Kier alpha value is -3.27. The van der Waals surface area contributed by atoms with Crippen molar-refractivity contribution in [2.24, 2.45) is 0 Å². The Labute approximate surface area is 231 Å². The van der Waals surface area contributed by atoms with E-state index in [2.05, 4.69) is 4.90 Å². The zero-order chi connectivity index (χ0) is 27.7. The second kappa shape index (κ2) is 9.15. The summed E-state index contributed by atoms with van der Waals surface area (Å²) in [5.41, 5.74) is -0.570. The molecule has 2 amide bonds. The largest absolute Gasteiger partial charge is 0.507 e. The molecule has 39 heavy (non-hydrogen) atoms. The Kier molecular flexibility index (Phi) is 6.09. The van der Waals surface area contributed by atoms with E-state index in [1.54, 1.807) is 9.80 Å². The summed E-state index contributed by atoms with van der Waals surface area (Å²) in [5, 5.41) is 10.5. The first-order valence-corrected chi connectivity index (χ1v) is 13.8. The molecule has 1 atom stereocenters. The Balaban J connectivity index is 1.43. The first-order valence-electron chi connectivity index (χ1n) is 13.4. The lowest BCUT2D eigenvalue weighted by atomic mass is 10.0. The van der Waals surface area contributed by atoms with Crippen LogP contribution >= 0.6 is 11.6 Å². The van der Waals surface area contributed by atoms with E-state index in [1.165, 1.54) is 18.2 Å². The van der Waals surface area contributed by atoms with Crippen molar-refractivity contribution in [1.29, 1.82) is 0 Å². The van der Waals surface area contributed by atoms with Crippen molar-refractivity contribution in [3.63, 3.8) is 0 Å². The number of halogens is 2. The maximum absolute atomic E-state index is 15.0. The third-order valence-corrected chi connectivity index (χ3v) is 8.36. The maximum Gasteiger partial charge on any atom is 0.410 e. The average molecular weight is 559 g/mol. The molecule has 1 aromatic heterocycles. The third kappa shape index (κ3) is 4.42. The minimum Gasteiger partial charge on any atom is -0.507 e. The number of phenols is 1. The summed E-state index contributed by atoms with van der Waals surface area (Å²) in [5.74, 6) is -0.730. The van der Waals surface area contributed by atoms with E-state index in [0.717, 1.165) is 25.7 Å². The second-order valence-corrected chi connectivity index (χ2v) is 12.2. The van der Waals surface area contributed by atoms with Gasteiger partial charge in [-0.1, -0.05) is 17.7 Å². The quantitative estimate of drug-likeness (QED) is 0.564. The summed E-state index contributed by atoms with van der Waals surface area (Å²) in [4.78, 5) is 37.2. The SMILES string of the molecule is CC(C)(C)OC(=O)N1CCN2C(=O)c3c(N4CCCC45CC5)nc(-c4c(O)cccc4F)c(Cl)c3OCC2C1. The summed E-state index contributed by atoms with van der Waals surface area (Å²) in [6.45, 7) is 7.06. The van der Waals surface area contributed by atoms with Gasteiger partial charge in [-0.25, -0.2) is 14.2 Å². The highest BCUT2D eigenvalue weighted by atomic mass is 35.5. The highest BCUT2D eigenvalue weighted by Gasteiger charge is 2.53. The first kappa shape index (κ1) is 26.0. The van der Waals surface area contributed by atoms with Gasteiger partial charge in [-0.2, -0.15) is 0 Å². The van der Waals surface area contributed by atoms with E-state index < -0.39 is 23.6 Å². The van der Waals surface area contributed by atoms with E-state index in [0.29, 0.717) is 25.5 Å². The van der Waals surface area contributed by atoms with Gasteiger partial charge in [0.2, 0.25) is 0 Å². The number of piperazine rings is 1. The number of carbonyl (C=O) groups is 2. The number of hydrogen-bond donors (Lipinski definition) is 1. The number of nitrogens with zero attached hydrogens (tertiary/aromatic N) is 4. The van der Waals surface area contributed by atoms with Gasteiger partial charge in [0.1, 0.15) is 45.9 Å². The van der Waals surface area contributed by atoms with Crippen LogP contribution in [0.5, 0.6) is 11.5 Å². The van der Waals surface area contributed by atoms with Crippen LogP contribution in [0.2, 0.25) is 5.02 Å². The first-order chi connectivity index (χ1) is 18.5. The van der Waals surface area contributed by atoms with E-state index in [-0.39, 0.29) is 57.9 Å². The molecule has 3 aliphatic heterocycles. The number of benzene rings is 1. The number of anilines is 1. The molecule has 2 aromatic rings. The van der Waals surface area contributed by atoms with E-state index >= 15 is 4.39 Å². The number of pyridine rings is 1. The van der Waals surface area contributed by atoms with Crippen LogP contribution in [0.4, 0.5) is 15.0 Å². The lowest BCUT2D eigenvalue weighted by Gasteiger charge is -2.40. The molecule has 4 aliphatic rings. The molecule has 9 nitrogen and oxygen atoms in total. The van der Waals surface area contributed by atoms with Gasteiger partial charge in [0.05, 0.1) is 11.6 Å². The van der Waals surface area contributed by atoms with Crippen molar-refractivity contribution >= 4 is 29.4 Å². The molecule has 1 aliphatic carbocycles. The number of rotatable bonds is 2. The molecule has 11 heteroatoms.